The van der Waals surface area contributed by atoms with Crippen LogP contribution >= 0.6 is 11.8 Å². The zero-order chi connectivity index (χ0) is 21.0. The lowest BCUT2D eigenvalue weighted by molar-refractivity contribution is -0.121. The van der Waals surface area contributed by atoms with Gasteiger partial charge in [-0.1, -0.05) is 17.8 Å². The first-order chi connectivity index (χ1) is 13.9. The van der Waals surface area contributed by atoms with E-state index in [1.54, 1.807) is 6.07 Å². The second-order valence-electron chi connectivity index (χ2n) is 6.16. The molecular formula is C20H18FN3O4S. The quantitative estimate of drug-likeness (QED) is 0.442. The van der Waals surface area contributed by atoms with Crippen molar-refractivity contribution in [3.63, 3.8) is 0 Å². The summed E-state index contributed by atoms with van der Waals surface area (Å²) in [7, 11) is 0. The minimum Gasteiger partial charge on any atom is -0.478 e. The number of imide groups is 1. The van der Waals surface area contributed by atoms with Crippen molar-refractivity contribution in [1.82, 2.24) is 5.32 Å². The highest BCUT2D eigenvalue weighted by Gasteiger charge is 2.40. The number of carbonyl (C=O) groups is 3. The van der Waals surface area contributed by atoms with Gasteiger partial charge in [-0.3, -0.25) is 9.59 Å². The predicted octanol–water partition coefficient (Wildman–Crippen LogP) is 3.19. The number of thioether (sulfide) groups is 1. The number of carboxylic acids is 1. The molecule has 1 unspecified atom stereocenters. The third-order valence-electron chi connectivity index (χ3n) is 4.10. The van der Waals surface area contributed by atoms with Crippen molar-refractivity contribution in [2.75, 3.05) is 11.4 Å². The van der Waals surface area contributed by atoms with Gasteiger partial charge in [-0.2, -0.15) is 0 Å². The van der Waals surface area contributed by atoms with Crippen molar-refractivity contribution in [3.8, 4) is 0 Å². The number of nitrogens with zero attached hydrogens (tertiary/aromatic N) is 2. The molecule has 29 heavy (non-hydrogen) atoms. The molecule has 150 valence electrons. The number of carbonyl (C=O) groups excluding carboxylic acids is 2. The maximum Gasteiger partial charge on any atom is 0.335 e. The number of hydrogen-bond donors (Lipinski definition) is 2. The Hall–Kier alpha value is -3.20. The lowest BCUT2D eigenvalue weighted by Crippen LogP contribution is -2.32. The van der Waals surface area contributed by atoms with Gasteiger partial charge >= 0.3 is 5.97 Å². The molecule has 0 aromatic heterocycles. The summed E-state index contributed by atoms with van der Waals surface area (Å²) in [5.74, 6) is -2.30. The molecule has 1 saturated heterocycles. The van der Waals surface area contributed by atoms with E-state index in [-0.39, 0.29) is 17.9 Å². The Morgan fingerprint density at radius 3 is 2.62 bits per heavy atom. The van der Waals surface area contributed by atoms with E-state index < -0.39 is 22.9 Å². The van der Waals surface area contributed by atoms with E-state index in [2.05, 4.69) is 10.3 Å². The van der Waals surface area contributed by atoms with Crippen molar-refractivity contribution in [1.29, 1.82) is 0 Å². The number of carboxylic acid groups (broad SMARTS) is 1. The largest absolute Gasteiger partial charge is 0.478 e. The van der Waals surface area contributed by atoms with Gasteiger partial charge < -0.3 is 10.4 Å². The molecule has 1 aliphatic heterocycles. The molecule has 2 aromatic rings. The summed E-state index contributed by atoms with van der Waals surface area (Å²) < 4.78 is 13.4. The number of anilines is 1. The van der Waals surface area contributed by atoms with Crippen LogP contribution in [-0.2, 0) is 9.59 Å². The smallest absolute Gasteiger partial charge is 0.335 e. The average molecular weight is 415 g/mol. The van der Waals surface area contributed by atoms with Gasteiger partial charge in [0.15, 0.2) is 5.17 Å². The minimum atomic E-state index is -1.09. The molecule has 1 fully saturated rings. The van der Waals surface area contributed by atoms with Gasteiger partial charge in [0.05, 0.1) is 16.9 Å². The van der Waals surface area contributed by atoms with E-state index in [1.165, 1.54) is 42.5 Å². The highest BCUT2D eigenvalue weighted by Crippen LogP contribution is 2.31. The SMILES string of the molecule is CCN/C(=N/c1cccc(F)c1)SC1CC(=O)N(c2ccc(C(=O)O)cc2)C1=O. The minimum absolute atomic E-state index is 0.0161. The molecule has 1 atom stereocenters. The van der Waals surface area contributed by atoms with Crippen molar-refractivity contribution < 1.29 is 23.9 Å². The normalized spacial score (nSPS) is 17.0. The number of amidine groups is 1. The number of benzene rings is 2. The van der Waals surface area contributed by atoms with Gasteiger partial charge in [-0.25, -0.2) is 19.1 Å². The zero-order valence-corrected chi connectivity index (χ0v) is 16.3. The Morgan fingerprint density at radius 1 is 1.28 bits per heavy atom. The topological polar surface area (TPSA) is 99.1 Å². The monoisotopic (exact) mass is 415 g/mol. The number of amides is 2. The number of aliphatic imine (C=N–C) groups is 1. The standard InChI is InChI=1S/C20H18FN3O4S/c1-2-22-20(23-14-5-3-4-13(21)10-14)29-16-11-17(25)24(18(16)26)15-8-6-12(7-9-15)19(27)28/h3-10,16H,2,11H2,1H3,(H,22,23)(H,27,28). The number of halogens is 1. The maximum absolute atomic E-state index is 13.4. The van der Waals surface area contributed by atoms with Gasteiger partial charge in [0, 0.05) is 13.0 Å². The Bertz CT molecular complexity index is 978. The lowest BCUT2D eigenvalue weighted by Gasteiger charge is -2.15. The highest BCUT2D eigenvalue weighted by molar-refractivity contribution is 8.15. The lowest BCUT2D eigenvalue weighted by atomic mass is 10.2. The second kappa shape index (κ2) is 8.87. The summed E-state index contributed by atoms with van der Waals surface area (Å²) in [4.78, 5) is 41.6. The summed E-state index contributed by atoms with van der Waals surface area (Å²) in [6.45, 7) is 2.40. The highest BCUT2D eigenvalue weighted by atomic mass is 32.2. The van der Waals surface area contributed by atoms with Crippen LogP contribution in [0.15, 0.2) is 53.5 Å². The molecule has 0 bridgehead atoms. The van der Waals surface area contributed by atoms with Crippen LogP contribution in [0.4, 0.5) is 15.8 Å². The first-order valence-electron chi connectivity index (χ1n) is 8.84. The van der Waals surface area contributed by atoms with E-state index in [0.717, 1.165) is 16.7 Å². The van der Waals surface area contributed by atoms with E-state index in [1.807, 2.05) is 6.92 Å². The van der Waals surface area contributed by atoms with Crippen LogP contribution in [0.25, 0.3) is 0 Å². The summed E-state index contributed by atoms with van der Waals surface area (Å²) in [5, 5.41) is 11.7. The molecule has 0 aliphatic carbocycles. The molecule has 9 heteroatoms. The van der Waals surface area contributed by atoms with Gasteiger partial charge in [-0.05, 0) is 49.4 Å². The van der Waals surface area contributed by atoms with Crippen molar-refractivity contribution >= 4 is 46.1 Å². The second-order valence-corrected chi connectivity index (χ2v) is 7.35. The molecule has 1 aliphatic rings. The fraction of sp³-hybridized carbons (Fsp3) is 0.200. The first-order valence-corrected chi connectivity index (χ1v) is 9.72. The summed E-state index contributed by atoms with van der Waals surface area (Å²) in [6.07, 6.45) is -0.0161. The molecule has 0 spiro atoms. The van der Waals surface area contributed by atoms with E-state index in [9.17, 15) is 18.8 Å². The number of aromatic carboxylic acids is 1. The number of hydrogen-bond acceptors (Lipinski definition) is 5. The molecule has 1 heterocycles. The van der Waals surface area contributed by atoms with Crippen molar-refractivity contribution in [2.45, 2.75) is 18.6 Å². The summed E-state index contributed by atoms with van der Waals surface area (Å²) in [5.41, 5.74) is 0.780. The molecule has 7 nitrogen and oxygen atoms in total. The summed E-state index contributed by atoms with van der Waals surface area (Å²) >= 11 is 1.11. The molecule has 2 amide bonds. The van der Waals surface area contributed by atoms with Crippen LogP contribution in [0.5, 0.6) is 0 Å². The van der Waals surface area contributed by atoms with Gasteiger partial charge in [-0.15, -0.1) is 0 Å². The molecule has 0 radical (unpaired) electrons. The average Bonchev–Trinajstić information content (AvgIpc) is 2.95. The fourth-order valence-electron chi connectivity index (χ4n) is 2.78. The third kappa shape index (κ3) is 4.80. The Labute approximate surface area is 170 Å². The Morgan fingerprint density at radius 2 is 2.00 bits per heavy atom. The van der Waals surface area contributed by atoms with Gasteiger partial charge in [0.1, 0.15) is 11.1 Å². The van der Waals surface area contributed by atoms with Crippen LogP contribution in [0.1, 0.15) is 23.7 Å². The predicted molar refractivity (Wildman–Crippen MR) is 109 cm³/mol. The first kappa shape index (κ1) is 20.5. The number of rotatable bonds is 5. The maximum atomic E-state index is 13.4. The van der Waals surface area contributed by atoms with Crippen LogP contribution in [-0.4, -0.2) is 39.9 Å². The molecule has 0 saturated carbocycles. The van der Waals surface area contributed by atoms with E-state index in [4.69, 9.17) is 5.11 Å². The van der Waals surface area contributed by atoms with E-state index in [0.29, 0.717) is 23.1 Å². The molecule has 3 rings (SSSR count). The van der Waals surface area contributed by atoms with Crippen LogP contribution in [0.3, 0.4) is 0 Å². The van der Waals surface area contributed by atoms with Crippen molar-refractivity contribution in [2.24, 2.45) is 4.99 Å². The van der Waals surface area contributed by atoms with E-state index >= 15 is 0 Å². The van der Waals surface area contributed by atoms with Crippen LogP contribution < -0.4 is 10.2 Å². The Kier molecular flexibility index (Phi) is 6.28. The van der Waals surface area contributed by atoms with Crippen LogP contribution in [0.2, 0.25) is 0 Å². The van der Waals surface area contributed by atoms with Gasteiger partial charge in [0.25, 0.3) is 0 Å². The molecule has 2 N–H and O–H groups in total. The van der Waals surface area contributed by atoms with Gasteiger partial charge in [0.2, 0.25) is 11.8 Å². The number of nitrogens with one attached hydrogen (secondary N) is 1. The Balaban J connectivity index is 1.79. The zero-order valence-electron chi connectivity index (χ0n) is 15.5. The fourth-order valence-corrected chi connectivity index (χ4v) is 3.86. The van der Waals surface area contributed by atoms with Crippen molar-refractivity contribution in [3.05, 3.63) is 59.9 Å². The summed E-state index contributed by atoms with van der Waals surface area (Å²) in [6, 6.07) is 11.3. The third-order valence-corrected chi connectivity index (χ3v) is 5.21. The molecule has 2 aromatic carbocycles. The van der Waals surface area contributed by atoms with Crippen LogP contribution in [0, 0.1) is 5.82 Å². The molecular weight excluding hydrogens is 397 g/mol.